The van der Waals surface area contributed by atoms with Crippen LogP contribution in [0.25, 0.3) is 0 Å². The Labute approximate surface area is 240 Å². The minimum absolute atomic E-state index is 0.185. The molecule has 0 saturated heterocycles. The molecular formula is C32H35N5O2S. The summed E-state index contributed by atoms with van der Waals surface area (Å²) in [6.07, 6.45) is 1.02. The molecule has 1 aromatic heterocycles. The lowest BCUT2D eigenvalue weighted by Gasteiger charge is -2.28. The summed E-state index contributed by atoms with van der Waals surface area (Å²) in [5.41, 5.74) is 7.93. The molecule has 1 unspecified atom stereocenters. The highest BCUT2D eigenvalue weighted by Crippen LogP contribution is 2.37. The van der Waals surface area contributed by atoms with Gasteiger partial charge in [-0.25, -0.2) is 4.68 Å². The van der Waals surface area contributed by atoms with Gasteiger partial charge < -0.3 is 15.4 Å². The Morgan fingerprint density at radius 1 is 1.00 bits per heavy atom. The normalized spacial score (nSPS) is 14.5. The number of carbonyl (C=O) groups excluding carboxylic acids is 1. The van der Waals surface area contributed by atoms with Gasteiger partial charge in [0.15, 0.2) is 0 Å². The second-order valence-electron chi connectivity index (χ2n) is 10.1. The van der Waals surface area contributed by atoms with Crippen molar-refractivity contribution in [1.82, 2.24) is 14.8 Å². The summed E-state index contributed by atoms with van der Waals surface area (Å²) in [5.74, 6) is 2.14. The molecule has 1 amide bonds. The van der Waals surface area contributed by atoms with Crippen LogP contribution in [0.15, 0.2) is 83.2 Å². The lowest BCUT2D eigenvalue weighted by molar-refractivity contribution is -0.113. The van der Waals surface area contributed by atoms with E-state index in [4.69, 9.17) is 14.8 Å². The summed E-state index contributed by atoms with van der Waals surface area (Å²) in [4.78, 5) is 18.4. The van der Waals surface area contributed by atoms with Crippen LogP contribution in [-0.2, 0) is 11.4 Å². The van der Waals surface area contributed by atoms with Gasteiger partial charge in [0.1, 0.15) is 18.4 Å². The molecule has 2 N–H and O–H groups in total. The Bertz CT molecular complexity index is 1540. The van der Waals surface area contributed by atoms with Gasteiger partial charge in [0.25, 0.3) is 5.91 Å². The molecule has 0 fully saturated rings. The average molecular weight is 554 g/mol. The van der Waals surface area contributed by atoms with Crippen LogP contribution in [0.3, 0.4) is 0 Å². The number of nitrogens with zero attached hydrogens (tertiary/aromatic N) is 3. The van der Waals surface area contributed by atoms with Gasteiger partial charge in [-0.05, 0) is 86.2 Å². The molecule has 1 atom stereocenters. The van der Waals surface area contributed by atoms with Gasteiger partial charge in [-0.2, -0.15) is 4.98 Å². The number of anilines is 2. The van der Waals surface area contributed by atoms with Crippen LogP contribution in [0.1, 0.15) is 54.1 Å². The minimum Gasteiger partial charge on any atom is -0.489 e. The zero-order chi connectivity index (χ0) is 28.2. The summed E-state index contributed by atoms with van der Waals surface area (Å²) in [6.45, 7) is 10.9. The number of fused-ring (bicyclic) bond motifs is 1. The fraction of sp³-hybridized carbons (Fsp3) is 0.281. The number of nitrogens with one attached hydrogen (secondary N) is 2. The molecular weight excluding hydrogens is 518 g/mol. The molecule has 0 radical (unpaired) electrons. The Hall–Kier alpha value is -4.04. The molecule has 2 heterocycles. The molecule has 3 aromatic carbocycles. The maximum atomic E-state index is 13.7. The SMILES string of the molecule is CCCSc1nc2n(n1)C(c1ccc(OCc3cc(C)c(C)cc3C)cc1)C(C(=O)Nc1ccccc1)=C(C)N2. The van der Waals surface area contributed by atoms with Crippen LogP contribution in [0.2, 0.25) is 0 Å². The van der Waals surface area contributed by atoms with Crippen LogP contribution in [-0.4, -0.2) is 26.4 Å². The van der Waals surface area contributed by atoms with Gasteiger partial charge >= 0.3 is 0 Å². The Morgan fingerprint density at radius 2 is 1.73 bits per heavy atom. The van der Waals surface area contributed by atoms with Crippen molar-refractivity contribution in [1.29, 1.82) is 0 Å². The number of amides is 1. The molecule has 4 aromatic rings. The lowest BCUT2D eigenvalue weighted by atomic mass is 9.95. The first-order valence-electron chi connectivity index (χ1n) is 13.6. The van der Waals surface area contributed by atoms with E-state index in [1.165, 1.54) is 22.3 Å². The molecule has 1 aliphatic heterocycles. The zero-order valence-corrected chi connectivity index (χ0v) is 24.4. The average Bonchev–Trinajstić information content (AvgIpc) is 3.35. The van der Waals surface area contributed by atoms with Gasteiger partial charge in [0.05, 0.1) is 5.57 Å². The quantitative estimate of drug-likeness (QED) is 0.213. The number of ether oxygens (including phenoxy) is 1. The summed E-state index contributed by atoms with van der Waals surface area (Å²) in [7, 11) is 0. The largest absolute Gasteiger partial charge is 0.489 e. The highest BCUT2D eigenvalue weighted by Gasteiger charge is 2.34. The zero-order valence-electron chi connectivity index (χ0n) is 23.6. The number of benzene rings is 3. The molecule has 8 heteroatoms. The maximum absolute atomic E-state index is 13.7. The molecule has 0 saturated carbocycles. The number of hydrogen-bond donors (Lipinski definition) is 2. The van der Waals surface area contributed by atoms with Gasteiger partial charge in [0, 0.05) is 17.1 Å². The Kier molecular flexibility index (Phi) is 8.26. The predicted molar refractivity (Wildman–Crippen MR) is 162 cm³/mol. The first kappa shape index (κ1) is 27.5. The summed E-state index contributed by atoms with van der Waals surface area (Å²) in [5, 5.41) is 11.9. The van der Waals surface area contributed by atoms with Gasteiger partial charge in [-0.3, -0.25) is 4.79 Å². The van der Waals surface area contributed by atoms with Crippen LogP contribution in [0.4, 0.5) is 11.6 Å². The van der Waals surface area contributed by atoms with Crippen molar-refractivity contribution in [2.24, 2.45) is 0 Å². The van der Waals surface area contributed by atoms with Gasteiger partial charge in [-0.15, -0.1) is 5.10 Å². The van der Waals surface area contributed by atoms with E-state index in [-0.39, 0.29) is 5.91 Å². The van der Waals surface area contributed by atoms with E-state index in [2.05, 4.69) is 50.5 Å². The monoisotopic (exact) mass is 553 g/mol. The topological polar surface area (TPSA) is 81.1 Å². The second-order valence-corrected chi connectivity index (χ2v) is 11.2. The smallest absolute Gasteiger partial charge is 0.255 e. The van der Waals surface area contributed by atoms with E-state index in [1.807, 2.05) is 66.2 Å². The number of aryl methyl sites for hydroxylation is 3. The molecule has 1 aliphatic rings. The Balaban J connectivity index is 1.44. The van der Waals surface area contributed by atoms with Crippen molar-refractivity contribution in [3.8, 4) is 5.75 Å². The van der Waals surface area contributed by atoms with E-state index >= 15 is 0 Å². The third-order valence-corrected chi connectivity index (χ3v) is 8.13. The van der Waals surface area contributed by atoms with Crippen molar-refractivity contribution in [2.45, 2.75) is 58.8 Å². The molecule has 0 aliphatic carbocycles. The van der Waals surface area contributed by atoms with Gasteiger partial charge in [-0.1, -0.05) is 61.2 Å². The van der Waals surface area contributed by atoms with E-state index in [0.29, 0.717) is 23.3 Å². The molecule has 5 rings (SSSR count). The van der Waals surface area contributed by atoms with Crippen molar-refractivity contribution in [2.75, 3.05) is 16.4 Å². The van der Waals surface area contributed by atoms with Crippen molar-refractivity contribution in [3.63, 3.8) is 0 Å². The number of rotatable bonds is 9. The molecule has 7 nitrogen and oxygen atoms in total. The standard InChI is InChI=1S/C32H35N5O2S/c1-6-16-40-32-35-31-33-23(5)28(30(38)34-26-10-8-7-9-11-26)29(37(31)36-32)24-12-14-27(15-13-24)39-19-25-18-21(3)20(2)17-22(25)4/h7-15,17-18,29H,6,16,19H2,1-5H3,(H,34,38)(H,33,35,36). The fourth-order valence-electron chi connectivity index (χ4n) is 4.79. The molecule has 0 spiro atoms. The maximum Gasteiger partial charge on any atom is 0.255 e. The number of thioether (sulfide) groups is 1. The number of allylic oxidation sites excluding steroid dienone is 1. The van der Waals surface area contributed by atoms with Crippen LogP contribution < -0.4 is 15.4 Å². The third-order valence-electron chi connectivity index (χ3n) is 7.09. The van der Waals surface area contributed by atoms with E-state index in [0.717, 1.165) is 34.9 Å². The summed E-state index contributed by atoms with van der Waals surface area (Å²) < 4.78 is 7.98. The summed E-state index contributed by atoms with van der Waals surface area (Å²) >= 11 is 1.61. The third kappa shape index (κ3) is 5.92. The molecule has 206 valence electrons. The van der Waals surface area contributed by atoms with E-state index in [9.17, 15) is 4.79 Å². The Morgan fingerprint density at radius 3 is 2.45 bits per heavy atom. The van der Waals surface area contributed by atoms with Crippen LogP contribution >= 0.6 is 11.8 Å². The van der Waals surface area contributed by atoms with E-state index in [1.54, 1.807) is 11.8 Å². The van der Waals surface area contributed by atoms with Crippen molar-refractivity contribution < 1.29 is 9.53 Å². The number of aromatic nitrogens is 3. The van der Waals surface area contributed by atoms with E-state index < -0.39 is 6.04 Å². The van der Waals surface area contributed by atoms with Crippen LogP contribution in [0, 0.1) is 20.8 Å². The highest BCUT2D eigenvalue weighted by molar-refractivity contribution is 7.99. The number of hydrogen-bond acceptors (Lipinski definition) is 6. The first-order chi connectivity index (χ1) is 19.3. The predicted octanol–water partition coefficient (Wildman–Crippen LogP) is 7.21. The minimum atomic E-state index is -0.445. The summed E-state index contributed by atoms with van der Waals surface area (Å²) in [6, 6.07) is 21.4. The second kappa shape index (κ2) is 12.0. The van der Waals surface area contributed by atoms with Crippen molar-refractivity contribution in [3.05, 3.63) is 106 Å². The van der Waals surface area contributed by atoms with Crippen LogP contribution in [0.5, 0.6) is 5.75 Å². The lowest BCUT2D eigenvalue weighted by Crippen LogP contribution is -2.31. The molecule has 40 heavy (non-hydrogen) atoms. The molecule has 0 bridgehead atoms. The number of carbonyl (C=O) groups is 1. The highest BCUT2D eigenvalue weighted by atomic mass is 32.2. The van der Waals surface area contributed by atoms with Crippen molar-refractivity contribution >= 4 is 29.3 Å². The number of para-hydroxylation sites is 1. The first-order valence-corrected chi connectivity index (χ1v) is 14.6. The van der Waals surface area contributed by atoms with Gasteiger partial charge in [0.2, 0.25) is 11.1 Å². The fourth-order valence-corrected chi connectivity index (χ4v) is 5.47.